The van der Waals surface area contributed by atoms with Gasteiger partial charge in [0, 0.05) is 57.1 Å². The Bertz CT molecular complexity index is 647. The maximum absolute atomic E-state index is 11.9. The van der Waals surface area contributed by atoms with Gasteiger partial charge in [0.2, 0.25) is 5.91 Å². The molecule has 4 rings (SSSR count). The summed E-state index contributed by atoms with van der Waals surface area (Å²) >= 11 is 0. The molecule has 0 aromatic carbocycles. The van der Waals surface area contributed by atoms with Crippen LogP contribution in [-0.2, 0) is 4.79 Å². The van der Waals surface area contributed by atoms with Crippen LogP contribution < -0.4 is 4.90 Å². The van der Waals surface area contributed by atoms with E-state index < -0.39 is 0 Å². The molecule has 3 aliphatic rings. The van der Waals surface area contributed by atoms with Crippen LogP contribution in [0.1, 0.15) is 62.9 Å². The molecule has 1 aliphatic carbocycles. The summed E-state index contributed by atoms with van der Waals surface area (Å²) in [6.07, 6.45) is 7.71. The first-order chi connectivity index (χ1) is 12.6. The number of nitrogens with zero attached hydrogens (tertiary/aromatic N) is 4. The molecule has 0 unspecified atom stereocenters. The predicted octanol–water partition coefficient (Wildman–Crippen LogP) is 3.14. The maximum Gasteiger partial charge on any atom is 0.220 e. The zero-order valence-corrected chi connectivity index (χ0v) is 16.3. The highest BCUT2D eigenvalue weighted by atomic mass is 16.2. The highest BCUT2D eigenvalue weighted by Crippen LogP contribution is 2.33. The zero-order chi connectivity index (χ0) is 18.1. The van der Waals surface area contributed by atoms with E-state index in [1.807, 2.05) is 4.90 Å². The summed E-state index contributed by atoms with van der Waals surface area (Å²) in [7, 11) is 0. The lowest BCUT2D eigenvalue weighted by Gasteiger charge is -2.39. The van der Waals surface area contributed by atoms with E-state index in [4.69, 9.17) is 4.98 Å². The number of hydrogen-bond donors (Lipinski definition) is 0. The molecular weight excluding hydrogens is 324 g/mol. The molecule has 1 saturated carbocycles. The molecule has 3 heterocycles. The van der Waals surface area contributed by atoms with Crippen molar-refractivity contribution in [2.75, 3.05) is 37.6 Å². The Morgan fingerprint density at radius 3 is 2.42 bits per heavy atom. The van der Waals surface area contributed by atoms with Gasteiger partial charge < -0.3 is 9.80 Å². The summed E-state index contributed by atoms with van der Waals surface area (Å²) in [5.74, 6) is 0.169. The third kappa shape index (κ3) is 3.59. The quantitative estimate of drug-likeness (QED) is 0.834. The molecule has 0 bridgehead atoms. The van der Waals surface area contributed by atoms with Gasteiger partial charge in [-0.1, -0.05) is 12.8 Å². The highest BCUT2D eigenvalue weighted by molar-refractivity contribution is 5.74. The van der Waals surface area contributed by atoms with Crippen LogP contribution in [0.25, 0.3) is 0 Å². The van der Waals surface area contributed by atoms with Crippen molar-refractivity contribution in [2.45, 2.75) is 64.5 Å². The molecule has 5 nitrogen and oxygen atoms in total. The summed E-state index contributed by atoms with van der Waals surface area (Å²) in [5.41, 5.74) is 3.42. The Labute approximate surface area is 157 Å². The van der Waals surface area contributed by atoms with Gasteiger partial charge in [-0.25, -0.2) is 0 Å². The Morgan fingerprint density at radius 2 is 1.73 bits per heavy atom. The molecule has 1 atom stereocenters. The Morgan fingerprint density at radius 1 is 1.00 bits per heavy atom. The van der Waals surface area contributed by atoms with Gasteiger partial charge in [-0.3, -0.25) is 14.7 Å². The van der Waals surface area contributed by atoms with Crippen molar-refractivity contribution in [3.63, 3.8) is 0 Å². The maximum atomic E-state index is 11.9. The molecule has 3 fully saturated rings. The topological polar surface area (TPSA) is 39.7 Å². The van der Waals surface area contributed by atoms with E-state index in [0.717, 1.165) is 49.9 Å². The zero-order valence-electron chi connectivity index (χ0n) is 16.3. The van der Waals surface area contributed by atoms with Crippen molar-refractivity contribution in [3.05, 3.63) is 23.5 Å². The lowest BCUT2D eigenvalue weighted by atomic mass is 10.1. The molecule has 1 aromatic rings. The molecule has 0 radical (unpaired) electrons. The fourth-order valence-corrected chi connectivity index (χ4v) is 5.09. The van der Waals surface area contributed by atoms with Crippen molar-refractivity contribution in [1.29, 1.82) is 0 Å². The normalized spacial score (nSPS) is 25.2. The molecule has 5 heteroatoms. The molecule has 26 heavy (non-hydrogen) atoms. The minimum absolute atomic E-state index is 0.158. The van der Waals surface area contributed by atoms with Crippen LogP contribution in [0.15, 0.2) is 12.1 Å². The number of aromatic nitrogens is 1. The highest BCUT2D eigenvalue weighted by Gasteiger charge is 2.30. The van der Waals surface area contributed by atoms with E-state index >= 15 is 0 Å². The van der Waals surface area contributed by atoms with Gasteiger partial charge in [0.1, 0.15) is 0 Å². The van der Waals surface area contributed by atoms with Crippen molar-refractivity contribution in [2.24, 2.45) is 0 Å². The number of likely N-dealkylation sites (tertiary alicyclic amines) is 1. The average Bonchev–Trinajstić information content (AvgIpc) is 3.33. The monoisotopic (exact) mass is 356 g/mol. The Kier molecular flexibility index (Phi) is 5.16. The number of carbonyl (C=O) groups is 1. The second-order valence-corrected chi connectivity index (χ2v) is 8.22. The summed E-state index contributed by atoms with van der Waals surface area (Å²) in [5, 5.41) is 0. The summed E-state index contributed by atoms with van der Waals surface area (Å²) in [6.45, 7) is 9.16. The van der Waals surface area contributed by atoms with E-state index in [-0.39, 0.29) is 11.9 Å². The van der Waals surface area contributed by atoms with E-state index in [2.05, 4.69) is 28.9 Å². The first-order valence-corrected chi connectivity index (χ1v) is 10.4. The standard InChI is InChI=1S/C21H32N4O/c1-16-14-19(15-20(22-16)21-8-5-9-25(21)17(2)26)24-12-10-23(11-13-24)18-6-3-4-7-18/h14-15,18,21H,3-13H2,1-2H3/t21-/m1/s1. The van der Waals surface area contributed by atoms with Crippen LogP contribution in [0, 0.1) is 6.92 Å². The fourth-order valence-electron chi connectivity index (χ4n) is 5.09. The minimum Gasteiger partial charge on any atom is -0.369 e. The lowest BCUT2D eigenvalue weighted by Crippen LogP contribution is -2.49. The van der Waals surface area contributed by atoms with Gasteiger partial charge >= 0.3 is 0 Å². The lowest BCUT2D eigenvalue weighted by molar-refractivity contribution is -0.129. The number of rotatable bonds is 3. The van der Waals surface area contributed by atoms with Crippen LogP contribution in [0.3, 0.4) is 0 Å². The number of hydrogen-bond acceptors (Lipinski definition) is 4. The van der Waals surface area contributed by atoms with Gasteiger partial charge in [-0.05, 0) is 44.7 Å². The fraction of sp³-hybridized carbons (Fsp3) is 0.714. The largest absolute Gasteiger partial charge is 0.369 e. The molecule has 1 aromatic heterocycles. The van der Waals surface area contributed by atoms with Gasteiger partial charge in [0.05, 0.1) is 11.7 Å². The van der Waals surface area contributed by atoms with E-state index in [9.17, 15) is 4.79 Å². The van der Waals surface area contributed by atoms with E-state index in [0.29, 0.717) is 0 Å². The SMILES string of the molecule is CC(=O)N1CCC[C@@H]1c1cc(N2CCN(C3CCCC3)CC2)cc(C)n1. The summed E-state index contributed by atoms with van der Waals surface area (Å²) in [4.78, 5) is 23.9. The Balaban J connectivity index is 1.47. The van der Waals surface area contributed by atoms with E-state index in [1.54, 1.807) is 6.92 Å². The van der Waals surface area contributed by atoms with Gasteiger partial charge in [-0.15, -0.1) is 0 Å². The predicted molar refractivity (Wildman–Crippen MR) is 104 cm³/mol. The molecule has 0 N–H and O–H groups in total. The van der Waals surface area contributed by atoms with Gasteiger partial charge in [-0.2, -0.15) is 0 Å². The number of aryl methyl sites for hydroxylation is 1. The van der Waals surface area contributed by atoms with Crippen LogP contribution in [-0.4, -0.2) is 59.5 Å². The molecule has 142 valence electrons. The van der Waals surface area contributed by atoms with Crippen LogP contribution in [0.4, 0.5) is 5.69 Å². The first kappa shape index (κ1) is 17.8. The number of carbonyl (C=O) groups excluding carboxylic acids is 1. The number of anilines is 1. The molecule has 1 amide bonds. The van der Waals surface area contributed by atoms with Crippen molar-refractivity contribution in [3.8, 4) is 0 Å². The second kappa shape index (κ2) is 7.55. The number of pyridine rings is 1. The van der Waals surface area contributed by atoms with Crippen LogP contribution in [0.5, 0.6) is 0 Å². The Hall–Kier alpha value is -1.62. The molecule has 0 spiro atoms. The number of amides is 1. The summed E-state index contributed by atoms with van der Waals surface area (Å²) < 4.78 is 0. The van der Waals surface area contributed by atoms with Crippen LogP contribution >= 0.6 is 0 Å². The molecule has 2 saturated heterocycles. The van der Waals surface area contributed by atoms with Crippen LogP contribution in [0.2, 0.25) is 0 Å². The third-order valence-electron chi connectivity index (χ3n) is 6.48. The van der Waals surface area contributed by atoms with Gasteiger partial charge in [0.25, 0.3) is 0 Å². The van der Waals surface area contributed by atoms with Crippen molar-refractivity contribution >= 4 is 11.6 Å². The smallest absolute Gasteiger partial charge is 0.220 e. The van der Waals surface area contributed by atoms with Gasteiger partial charge in [0.15, 0.2) is 0 Å². The minimum atomic E-state index is 0.158. The van der Waals surface area contributed by atoms with E-state index in [1.165, 1.54) is 44.5 Å². The van der Waals surface area contributed by atoms with Crippen molar-refractivity contribution in [1.82, 2.24) is 14.8 Å². The second-order valence-electron chi connectivity index (χ2n) is 8.22. The van der Waals surface area contributed by atoms with Crippen molar-refractivity contribution < 1.29 is 4.79 Å². The molecule has 2 aliphatic heterocycles. The average molecular weight is 357 g/mol. The number of piperazine rings is 1. The summed E-state index contributed by atoms with van der Waals surface area (Å²) in [6, 6.07) is 5.44. The molecular formula is C21H32N4O. The first-order valence-electron chi connectivity index (χ1n) is 10.4. The third-order valence-corrected chi connectivity index (χ3v) is 6.48.